The Morgan fingerprint density at radius 2 is 1.79 bits per heavy atom. The molecule has 0 saturated heterocycles. The molecule has 3 aromatic carbocycles. The minimum absolute atomic E-state index is 0.0219. The number of hydrogen-bond acceptors (Lipinski definition) is 4. The van der Waals surface area contributed by atoms with Crippen LogP contribution in [0.3, 0.4) is 0 Å². The van der Waals surface area contributed by atoms with Crippen LogP contribution in [0.2, 0.25) is 0 Å². The Balaban J connectivity index is 1.55. The molecule has 0 aromatic heterocycles. The maximum Gasteiger partial charge on any atom is 0.416 e. The summed E-state index contributed by atoms with van der Waals surface area (Å²) >= 11 is 0. The van der Waals surface area contributed by atoms with Crippen molar-refractivity contribution < 1.29 is 44.3 Å². The van der Waals surface area contributed by atoms with Crippen LogP contribution in [0.4, 0.5) is 32.0 Å². The molecular weight excluding hydrogens is 550 g/mol. The number of carbonyl (C=O) groups is 1. The largest absolute Gasteiger partial charge is 0.484 e. The van der Waals surface area contributed by atoms with Gasteiger partial charge in [0.1, 0.15) is 29.7 Å². The number of alkyl halides is 4. The third kappa shape index (κ3) is 5.40. The highest BCUT2D eigenvalue weighted by Gasteiger charge is 2.44. The molecule has 2 aliphatic rings. The molecule has 13 heteroatoms. The number of benzene rings is 3. The number of carbonyl (C=O) groups excluding carboxylic acids is 1. The van der Waals surface area contributed by atoms with Crippen molar-refractivity contribution in [1.29, 1.82) is 0 Å². The summed E-state index contributed by atoms with van der Waals surface area (Å²) in [6.07, 6.45) is -6.97. The van der Waals surface area contributed by atoms with Gasteiger partial charge in [-0.15, -0.1) is 0 Å². The average molecular weight is 571 g/mol. The van der Waals surface area contributed by atoms with E-state index in [1.54, 1.807) is 0 Å². The zero-order valence-corrected chi connectivity index (χ0v) is 20.7. The molecule has 206 valence electrons. The third-order valence-corrected chi connectivity index (χ3v) is 8.21. The van der Waals surface area contributed by atoms with Crippen molar-refractivity contribution in [1.82, 2.24) is 5.32 Å². The van der Waals surface area contributed by atoms with Crippen molar-refractivity contribution in [3.8, 4) is 16.9 Å². The first-order chi connectivity index (χ1) is 18.3. The van der Waals surface area contributed by atoms with Gasteiger partial charge in [-0.1, -0.05) is 12.1 Å². The van der Waals surface area contributed by atoms with Crippen LogP contribution in [0.25, 0.3) is 11.1 Å². The number of fused-ring (bicyclic) bond motifs is 1. The molecule has 5 rings (SSSR count). The Hall–Kier alpha value is -3.74. The van der Waals surface area contributed by atoms with Crippen molar-refractivity contribution >= 4 is 21.6 Å². The zero-order chi connectivity index (χ0) is 28.1. The number of nitrogens with zero attached hydrogens (tertiary/aromatic N) is 1. The monoisotopic (exact) mass is 570 g/mol. The summed E-state index contributed by atoms with van der Waals surface area (Å²) < 4.78 is 115. The SMILES string of the molecule is O=C(NC[C@H]1CN(S(=O)(=O)c2cccc(C(F)(F)F)c2)c2cc(-c3cc(F)ccc3F)ccc2O1)[C@H]1C[C@H]1F. The van der Waals surface area contributed by atoms with Gasteiger partial charge in [0.25, 0.3) is 10.0 Å². The number of rotatable bonds is 6. The smallest absolute Gasteiger partial charge is 0.416 e. The first kappa shape index (κ1) is 26.9. The van der Waals surface area contributed by atoms with E-state index < -0.39 is 68.9 Å². The van der Waals surface area contributed by atoms with Crippen LogP contribution < -0.4 is 14.4 Å². The zero-order valence-electron chi connectivity index (χ0n) is 19.9. The van der Waals surface area contributed by atoms with Gasteiger partial charge in [0, 0.05) is 5.56 Å². The third-order valence-electron chi connectivity index (χ3n) is 6.43. The lowest BCUT2D eigenvalue weighted by molar-refractivity contribution is -0.137. The summed E-state index contributed by atoms with van der Waals surface area (Å²) in [6.45, 7) is -0.652. The Kier molecular flexibility index (Phi) is 6.73. The molecule has 1 N–H and O–H groups in total. The molecule has 3 aromatic rings. The average Bonchev–Trinajstić information content (AvgIpc) is 3.64. The number of hydrogen-bond donors (Lipinski definition) is 1. The minimum atomic E-state index is -4.81. The highest BCUT2D eigenvalue weighted by molar-refractivity contribution is 7.92. The van der Waals surface area contributed by atoms with Crippen LogP contribution in [-0.2, 0) is 21.0 Å². The maximum atomic E-state index is 14.5. The molecule has 0 bridgehead atoms. The number of nitrogens with one attached hydrogen (secondary N) is 1. The summed E-state index contributed by atoms with van der Waals surface area (Å²) in [5, 5.41) is 2.50. The maximum absolute atomic E-state index is 14.5. The molecule has 0 radical (unpaired) electrons. The van der Waals surface area contributed by atoms with E-state index in [9.17, 15) is 39.6 Å². The van der Waals surface area contributed by atoms with Gasteiger partial charge in [-0.3, -0.25) is 9.10 Å². The first-order valence-electron chi connectivity index (χ1n) is 11.7. The quantitative estimate of drug-likeness (QED) is 0.420. The number of sulfonamides is 1. The van der Waals surface area contributed by atoms with E-state index in [4.69, 9.17) is 4.74 Å². The van der Waals surface area contributed by atoms with Crippen molar-refractivity contribution in [2.24, 2.45) is 5.92 Å². The van der Waals surface area contributed by atoms with Crippen LogP contribution in [0.15, 0.2) is 65.6 Å². The minimum Gasteiger partial charge on any atom is -0.484 e. The van der Waals surface area contributed by atoms with Crippen LogP contribution in [-0.4, -0.2) is 39.7 Å². The lowest BCUT2D eigenvalue weighted by atomic mass is 10.0. The standard InChI is InChI=1S/C26H20F6N2O4S/c27-16-5-6-21(28)19(10-16)14-4-7-24-23(8-14)34(13-17(38-24)12-33-25(35)20-11-22(20)29)39(36,37)18-3-1-2-15(9-18)26(30,31)32/h1-10,17,20,22H,11-13H2,(H,33,35)/t17-,20-,22+/m0/s1. The van der Waals surface area contributed by atoms with Crippen LogP contribution >= 0.6 is 0 Å². The number of halogens is 6. The Morgan fingerprint density at radius 3 is 2.49 bits per heavy atom. The van der Waals surface area contributed by atoms with E-state index in [-0.39, 0.29) is 35.5 Å². The molecule has 1 saturated carbocycles. The van der Waals surface area contributed by atoms with Crippen LogP contribution in [0, 0.1) is 17.6 Å². The lowest BCUT2D eigenvalue weighted by Crippen LogP contribution is -2.48. The normalized spacial score (nSPS) is 20.7. The number of anilines is 1. The van der Waals surface area contributed by atoms with Crippen molar-refractivity contribution in [2.45, 2.75) is 29.8 Å². The van der Waals surface area contributed by atoms with E-state index in [0.29, 0.717) is 6.07 Å². The van der Waals surface area contributed by atoms with Crippen LogP contribution in [0.5, 0.6) is 5.75 Å². The summed E-state index contributed by atoms with van der Waals surface area (Å²) in [5.41, 5.74) is -1.38. The van der Waals surface area contributed by atoms with Gasteiger partial charge in [-0.05, 0) is 60.5 Å². The topological polar surface area (TPSA) is 75.7 Å². The van der Waals surface area contributed by atoms with Gasteiger partial charge in [0.15, 0.2) is 0 Å². The van der Waals surface area contributed by atoms with E-state index in [0.717, 1.165) is 40.7 Å². The molecule has 0 unspecified atom stereocenters. The van der Waals surface area contributed by atoms with Gasteiger partial charge < -0.3 is 10.1 Å². The van der Waals surface area contributed by atoms with E-state index in [2.05, 4.69) is 5.32 Å². The predicted octanol–water partition coefficient (Wildman–Crippen LogP) is 5.08. The molecular formula is C26H20F6N2O4S. The summed E-state index contributed by atoms with van der Waals surface area (Å²) in [4.78, 5) is 11.4. The second kappa shape index (κ2) is 9.78. The molecule has 1 aliphatic carbocycles. The fourth-order valence-corrected chi connectivity index (χ4v) is 5.82. The second-order valence-corrected chi connectivity index (χ2v) is 11.1. The molecule has 1 amide bonds. The van der Waals surface area contributed by atoms with Gasteiger partial charge in [0.2, 0.25) is 5.91 Å². The fourth-order valence-electron chi connectivity index (χ4n) is 4.27. The second-order valence-electron chi connectivity index (χ2n) is 9.21. The number of ether oxygens (including phenoxy) is 1. The predicted molar refractivity (Wildman–Crippen MR) is 128 cm³/mol. The van der Waals surface area contributed by atoms with Gasteiger partial charge in [-0.2, -0.15) is 13.2 Å². The lowest BCUT2D eigenvalue weighted by Gasteiger charge is -2.36. The van der Waals surface area contributed by atoms with Crippen LogP contribution in [0.1, 0.15) is 12.0 Å². The van der Waals surface area contributed by atoms with E-state index >= 15 is 0 Å². The Bertz CT molecular complexity index is 1550. The molecule has 1 heterocycles. The molecule has 0 spiro atoms. The Labute approximate surface area is 219 Å². The Morgan fingerprint density at radius 1 is 1.05 bits per heavy atom. The van der Waals surface area contributed by atoms with Gasteiger partial charge in [0.05, 0.1) is 35.2 Å². The molecule has 1 aliphatic heterocycles. The first-order valence-corrected chi connectivity index (χ1v) is 13.2. The molecule has 1 fully saturated rings. The summed E-state index contributed by atoms with van der Waals surface area (Å²) in [7, 11) is -4.65. The van der Waals surface area contributed by atoms with Crippen molar-refractivity contribution in [3.05, 3.63) is 77.9 Å². The molecule has 6 nitrogen and oxygen atoms in total. The highest BCUT2D eigenvalue weighted by Crippen LogP contribution is 2.41. The highest BCUT2D eigenvalue weighted by atomic mass is 32.2. The van der Waals surface area contributed by atoms with Gasteiger partial charge in [-0.25, -0.2) is 21.6 Å². The van der Waals surface area contributed by atoms with Gasteiger partial charge >= 0.3 is 6.18 Å². The molecule has 39 heavy (non-hydrogen) atoms. The van der Waals surface area contributed by atoms with Crippen molar-refractivity contribution in [2.75, 3.05) is 17.4 Å². The molecule has 3 atom stereocenters. The summed E-state index contributed by atoms with van der Waals surface area (Å²) in [6, 6.07) is 9.82. The van der Waals surface area contributed by atoms with E-state index in [1.165, 1.54) is 18.2 Å². The van der Waals surface area contributed by atoms with E-state index in [1.807, 2.05) is 0 Å². The number of amides is 1. The fraction of sp³-hybridized carbons (Fsp3) is 0.269. The summed E-state index contributed by atoms with van der Waals surface area (Å²) in [5.74, 6) is -2.91. The van der Waals surface area contributed by atoms with Crippen molar-refractivity contribution in [3.63, 3.8) is 0 Å².